The first-order valence-electron chi connectivity index (χ1n) is 8.29. The van der Waals surface area contributed by atoms with Crippen LogP contribution < -0.4 is 20.1 Å². The zero-order chi connectivity index (χ0) is 21.4. The number of thiophene rings is 1. The van der Waals surface area contributed by atoms with Gasteiger partial charge in [-0.1, -0.05) is 12.1 Å². The first-order valence-corrected chi connectivity index (χ1v) is 9.17. The maximum atomic E-state index is 13.8. The Morgan fingerprint density at radius 2 is 1.90 bits per heavy atom. The molecule has 11 heteroatoms. The second-order valence-corrected chi connectivity index (χ2v) is 7.22. The smallest absolute Gasteiger partial charge is 0.437 e. The molecule has 3 unspecified atom stereocenters. The maximum Gasteiger partial charge on any atom is 0.437 e. The molecule has 0 spiro atoms. The maximum absolute atomic E-state index is 13.8. The van der Waals surface area contributed by atoms with Gasteiger partial charge in [0.25, 0.3) is 0 Å². The van der Waals surface area contributed by atoms with Crippen LogP contribution in [0.2, 0.25) is 0 Å². The van der Waals surface area contributed by atoms with Crippen molar-refractivity contribution in [1.29, 1.82) is 0 Å². The molecule has 0 saturated carbocycles. The molecule has 7 nitrogen and oxygen atoms in total. The van der Waals surface area contributed by atoms with Crippen molar-refractivity contribution in [2.75, 3.05) is 14.2 Å². The number of ether oxygens (including phenoxy) is 2. The number of urea groups is 1. The van der Waals surface area contributed by atoms with Gasteiger partial charge in [-0.2, -0.15) is 13.2 Å². The number of alkyl halides is 3. The third-order valence-electron chi connectivity index (χ3n) is 4.62. The SMILES string of the molecule is COc1ccc(C2NC(=O)NC(O)(C(F)(F)F)C2C(=O)c2cccs2)cc1OC. The Balaban J connectivity index is 2.17. The Bertz CT molecular complexity index is 919. The standard InChI is InChI=1S/C18H17F3N2O5S/c1-27-10-6-5-9(8-11(10)28-2)14-13(15(24)12-4-3-7-29-12)17(26,18(19,20)21)23-16(25)22-14/h3-8,13-14,26H,1-2H3,(H2,22,23,25). The molecule has 2 amide bonds. The van der Waals surface area contributed by atoms with Gasteiger partial charge in [-0.05, 0) is 29.1 Å². The van der Waals surface area contributed by atoms with Gasteiger partial charge < -0.3 is 25.2 Å². The molecule has 2 aromatic rings. The monoisotopic (exact) mass is 430 g/mol. The summed E-state index contributed by atoms with van der Waals surface area (Å²) < 4.78 is 51.7. The van der Waals surface area contributed by atoms with Crippen molar-refractivity contribution in [3.05, 3.63) is 46.2 Å². The fraction of sp³-hybridized carbons (Fsp3) is 0.333. The van der Waals surface area contributed by atoms with E-state index >= 15 is 0 Å². The fourth-order valence-corrected chi connectivity index (χ4v) is 3.94. The summed E-state index contributed by atoms with van der Waals surface area (Å²) in [6.45, 7) is 0. The molecule has 1 aromatic carbocycles. The summed E-state index contributed by atoms with van der Waals surface area (Å²) in [6, 6.07) is 4.28. The van der Waals surface area contributed by atoms with Crippen LogP contribution in [0.1, 0.15) is 21.3 Å². The molecule has 0 radical (unpaired) electrons. The topological polar surface area (TPSA) is 96.9 Å². The largest absolute Gasteiger partial charge is 0.493 e. The number of hydrogen-bond acceptors (Lipinski definition) is 6. The predicted molar refractivity (Wildman–Crippen MR) is 97.1 cm³/mol. The molecular formula is C18H17F3N2O5S. The highest BCUT2D eigenvalue weighted by atomic mass is 32.1. The predicted octanol–water partition coefficient (Wildman–Crippen LogP) is 2.87. The van der Waals surface area contributed by atoms with Gasteiger partial charge in [0.05, 0.1) is 25.1 Å². The lowest BCUT2D eigenvalue weighted by Gasteiger charge is -2.44. The van der Waals surface area contributed by atoms with Crippen LogP contribution in [-0.4, -0.2) is 43.0 Å². The summed E-state index contributed by atoms with van der Waals surface area (Å²) in [5, 5.41) is 15.8. The molecule has 3 rings (SSSR count). The van der Waals surface area contributed by atoms with Crippen LogP contribution in [0.4, 0.5) is 18.0 Å². The van der Waals surface area contributed by atoms with Crippen molar-refractivity contribution < 1.29 is 37.3 Å². The minimum absolute atomic E-state index is 0.0149. The van der Waals surface area contributed by atoms with Crippen LogP contribution in [0.25, 0.3) is 0 Å². The van der Waals surface area contributed by atoms with E-state index in [9.17, 15) is 27.9 Å². The summed E-state index contributed by atoms with van der Waals surface area (Å²) in [5.41, 5.74) is -3.64. The van der Waals surface area contributed by atoms with Crippen LogP contribution >= 0.6 is 11.3 Å². The Labute approximate surface area is 167 Å². The van der Waals surface area contributed by atoms with E-state index in [0.29, 0.717) is 5.75 Å². The van der Waals surface area contributed by atoms with Crippen molar-refractivity contribution in [3.63, 3.8) is 0 Å². The minimum atomic E-state index is -5.31. The molecule has 0 bridgehead atoms. The minimum Gasteiger partial charge on any atom is -0.493 e. The molecule has 3 N–H and O–H groups in total. The van der Waals surface area contributed by atoms with E-state index < -0.39 is 35.7 Å². The molecule has 1 fully saturated rings. The van der Waals surface area contributed by atoms with E-state index in [1.165, 1.54) is 55.2 Å². The number of carbonyl (C=O) groups is 2. The summed E-state index contributed by atoms with van der Waals surface area (Å²) in [6.07, 6.45) is -5.31. The number of hydrogen-bond donors (Lipinski definition) is 3. The molecule has 1 aromatic heterocycles. The third-order valence-corrected chi connectivity index (χ3v) is 5.50. The fourth-order valence-electron chi connectivity index (χ4n) is 3.24. The van der Waals surface area contributed by atoms with Gasteiger partial charge in [0.1, 0.15) is 5.92 Å². The van der Waals surface area contributed by atoms with Gasteiger partial charge >= 0.3 is 12.2 Å². The molecule has 0 aliphatic carbocycles. The summed E-state index contributed by atoms with van der Waals surface area (Å²) in [7, 11) is 2.72. The quantitative estimate of drug-likeness (QED) is 0.634. The highest BCUT2D eigenvalue weighted by Gasteiger charge is 2.66. The summed E-state index contributed by atoms with van der Waals surface area (Å²) in [4.78, 5) is 25.0. The first kappa shape index (κ1) is 20.9. The van der Waals surface area contributed by atoms with E-state index in [2.05, 4.69) is 5.32 Å². The van der Waals surface area contributed by atoms with Crippen molar-refractivity contribution in [2.45, 2.75) is 17.9 Å². The average Bonchev–Trinajstić information content (AvgIpc) is 3.20. The summed E-state index contributed by atoms with van der Waals surface area (Å²) >= 11 is 0.935. The van der Waals surface area contributed by atoms with Gasteiger partial charge in [0, 0.05) is 0 Å². The Kier molecular flexibility index (Phi) is 5.46. The number of aliphatic hydroxyl groups is 1. The van der Waals surface area contributed by atoms with Gasteiger partial charge in [-0.3, -0.25) is 4.79 Å². The lowest BCUT2D eigenvalue weighted by Crippen LogP contribution is -2.72. The summed E-state index contributed by atoms with van der Waals surface area (Å²) in [5.74, 6) is -2.55. The van der Waals surface area contributed by atoms with Crippen molar-refractivity contribution >= 4 is 23.2 Å². The molecule has 1 aliphatic heterocycles. The number of methoxy groups -OCH3 is 2. The lowest BCUT2D eigenvalue weighted by atomic mass is 9.78. The van der Waals surface area contributed by atoms with E-state index in [-0.39, 0.29) is 16.2 Å². The molecule has 156 valence electrons. The number of benzene rings is 1. The second-order valence-electron chi connectivity index (χ2n) is 6.27. The first-order chi connectivity index (χ1) is 13.6. The molecule has 1 aliphatic rings. The Morgan fingerprint density at radius 1 is 1.21 bits per heavy atom. The van der Waals surface area contributed by atoms with E-state index in [1.54, 1.807) is 0 Å². The lowest BCUT2D eigenvalue weighted by molar-refractivity contribution is -0.287. The second kappa shape index (κ2) is 7.56. The molecular weight excluding hydrogens is 413 g/mol. The highest BCUT2D eigenvalue weighted by molar-refractivity contribution is 7.12. The zero-order valence-corrected chi connectivity index (χ0v) is 16.1. The molecule has 1 saturated heterocycles. The number of carbonyl (C=O) groups excluding carboxylic acids is 2. The van der Waals surface area contributed by atoms with Crippen LogP contribution in [0, 0.1) is 5.92 Å². The average molecular weight is 430 g/mol. The van der Waals surface area contributed by atoms with Crippen LogP contribution in [0.15, 0.2) is 35.7 Å². The number of rotatable bonds is 5. The normalized spacial score (nSPS) is 24.4. The van der Waals surface area contributed by atoms with Gasteiger partial charge in [-0.15, -0.1) is 11.3 Å². The molecule has 29 heavy (non-hydrogen) atoms. The number of ketones is 1. The van der Waals surface area contributed by atoms with E-state index in [1.807, 2.05) is 0 Å². The van der Waals surface area contributed by atoms with E-state index in [4.69, 9.17) is 9.47 Å². The number of amides is 2. The van der Waals surface area contributed by atoms with Crippen LogP contribution in [-0.2, 0) is 0 Å². The Morgan fingerprint density at radius 3 is 2.45 bits per heavy atom. The van der Waals surface area contributed by atoms with Crippen molar-refractivity contribution in [2.24, 2.45) is 5.92 Å². The number of halogens is 3. The van der Waals surface area contributed by atoms with Gasteiger partial charge in [-0.25, -0.2) is 4.79 Å². The van der Waals surface area contributed by atoms with Crippen molar-refractivity contribution in [1.82, 2.24) is 10.6 Å². The number of Topliss-reactive ketones (excluding diaryl/α,β-unsaturated/α-hetero) is 1. The van der Waals surface area contributed by atoms with Gasteiger partial charge in [0.15, 0.2) is 17.3 Å². The Hall–Kier alpha value is -2.79. The highest BCUT2D eigenvalue weighted by Crippen LogP contribution is 2.45. The van der Waals surface area contributed by atoms with Crippen LogP contribution in [0.5, 0.6) is 11.5 Å². The zero-order valence-electron chi connectivity index (χ0n) is 15.2. The molecule has 3 atom stereocenters. The van der Waals surface area contributed by atoms with Crippen LogP contribution in [0.3, 0.4) is 0 Å². The van der Waals surface area contributed by atoms with E-state index in [0.717, 1.165) is 11.3 Å². The third kappa shape index (κ3) is 3.62. The number of nitrogens with one attached hydrogen (secondary N) is 2. The van der Waals surface area contributed by atoms with Crippen molar-refractivity contribution in [3.8, 4) is 11.5 Å². The van der Waals surface area contributed by atoms with Gasteiger partial charge in [0.2, 0.25) is 5.72 Å². The molecule has 2 heterocycles.